The van der Waals surface area contributed by atoms with E-state index in [0.29, 0.717) is 13.1 Å². The first-order valence-corrected chi connectivity index (χ1v) is 8.29. The number of piperazine rings is 1. The fraction of sp³-hybridized carbons (Fsp3) is 0.294. The summed E-state index contributed by atoms with van der Waals surface area (Å²) in [6.45, 7) is 1.95. The van der Waals surface area contributed by atoms with Crippen LogP contribution >= 0.6 is 23.2 Å². The van der Waals surface area contributed by atoms with E-state index in [0.717, 1.165) is 18.2 Å². The zero-order valence-electron chi connectivity index (χ0n) is 13.0. The summed E-state index contributed by atoms with van der Waals surface area (Å²) in [6, 6.07) is 10.7. The average Bonchev–Trinajstić information content (AvgIpc) is 2.58. The van der Waals surface area contributed by atoms with Crippen molar-refractivity contribution >= 4 is 29.1 Å². The molecule has 1 fully saturated rings. The van der Waals surface area contributed by atoms with Gasteiger partial charge in [0.25, 0.3) is 5.91 Å². The van der Waals surface area contributed by atoms with E-state index in [1.807, 2.05) is 37.4 Å². The Balaban J connectivity index is 1.96. The molecule has 1 unspecified atom stereocenters. The highest BCUT2D eigenvalue weighted by Gasteiger charge is 2.32. The molecule has 7 heteroatoms. The molecule has 1 atom stereocenters. The number of carbonyl (C=O) groups excluding carboxylic acids is 1. The van der Waals surface area contributed by atoms with E-state index >= 15 is 0 Å². The molecule has 0 bridgehead atoms. The number of aromatic nitrogens is 1. The molecular weight excluding hydrogens is 352 g/mol. The van der Waals surface area contributed by atoms with E-state index in [2.05, 4.69) is 9.88 Å². The number of halogens is 3. The van der Waals surface area contributed by atoms with Crippen molar-refractivity contribution < 1.29 is 9.18 Å². The molecule has 0 N–H and O–H groups in total. The Morgan fingerprint density at radius 3 is 2.62 bits per heavy atom. The summed E-state index contributed by atoms with van der Waals surface area (Å²) in [7, 11) is 2.01. The highest BCUT2D eigenvalue weighted by molar-refractivity contribution is 6.34. The summed E-state index contributed by atoms with van der Waals surface area (Å²) in [6.07, 6.45) is 0. The van der Waals surface area contributed by atoms with Gasteiger partial charge in [-0.25, -0.2) is 9.37 Å². The van der Waals surface area contributed by atoms with E-state index in [1.165, 1.54) is 0 Å². The first kappa shape index (κ1) is 17.1. The van der Waals surface area contributed by atoms with E-state index in [4.69, 9.17) is 23.2 Å². The maximum absolute atomic E-state index is 13.7. The molecule has 2 aromatic rings. The number of amides is 1. The quantitative estimate of drug-likeness (QED) is 0.760. The van der Waals surface area contributed by atoms with E-state index in [-0.39, 0.29) is 27.8 Å². The fourth-order valence-corrected chi connectivity index (χ4v) is 3.28. The normalized spacial score (nSPS) is 18.7. The van der Waals surface area contributed by atoms with Crippen molar-refractivity contribution in [2.75, 3.05) is 26.7 Å². The predicted molar refractivity (Wildman–Crippen MR) is 91.9 cm³/mol. The van der Waals surface area contributed by atoms with Gasteiger partial charge in [-0.1, -0.05) is 53.5 Å². The van der Waals surface area contributed by atoms with E-state index < -0.39 is 5.82 Å². The van der Waals surface area contributed by atoms with Gasteiger partial charge in [-0.2, -0.15) is 0 Å². The average molecular weight is 368 g/mol. The lowest BCUT2D eigenvalue weighted by molar-refractivity contribution is 0.0497. The molecule has 0 radical (unpaired) electrons. The van der Waals surface area contributed by atoms with Crippen molar-refractivity contribution in [2.24, 2.45) is 0 Å². The highest BCUT2D eigenvalue weighted by Crippen LogP contribution is 2.29. The second kappa shape index (κ2) is 7.05. The molecule has 1 aromatic carbocycles. The smallest absolute Gasteiger partial charge is 0.257 e. The van der Waals surface area contributed by atoms with Crippen molar-refractivity contribution in [3.8, 4) is 0 Å². The second-order valence-electron chi connectivity index (χ2n) is 5.79. The van der Waals surface area contributed by atoms with Crippen LogP contribution in [0.5, 0.6) is 0 Å². The zero-order valence-corrected chi connectivity index (χ0v) is 14.6. The number of hydrogen-bond donors (Lipinski definition) is 0. The van der Waals surface area contributed by atoms with Crippen LogP contribution in [0.15, 0.2) is 36.4 Å². The van der Waals surface area contributed by atoms with Crippen LogP contribution in [0.1, 0.15) is 22.0 Å². The van der Waals surface area contributed by atoms with Crippen molar-refractivity contribution in [3.63, 3.8) is 0 Å². The van der Waals surface area contributed by atoms with Gasteiger partial charge >= 0.3 is 0 Å². The number of hydrogen-bond acceptors (Lipinski definition) is 3. The summed E-state index contributed by atoms with van der Waals surface area (Å²) in [5.74, 6) is -1.10. The SMILES string of the molecule is CN1CCN(C(=O)c2cc(F)c(Cl)nc2Cl)C(c2ccccc2)C1. The molecule has 1 aliphatic rings. The number of nitrogens with zero attached hydrogens (tertiary/aromatic N) is 3. The topological polar surface area (TPSA) is 36.4 Å². The summed E-state index contributed by atoms with van der Waals surface area (Å²) in [5.41, 5.74) is 1.06. The third-order valence-corrected chi connectivity index (χ3v) is 4.70. The Hall–Kier alpha value is -1.69. The van der Waals surface area contributed by atoms with Gasteiger partial charge in [-0.15, -0.1) is 0 Å². The number of likely N-dealkylation sites (N-methyl/N-ethyl adjacent to an activating group) is 1. The molecule has 1 amide bonds. The molecule has 1 saturated heterocycles. The zero-order chi connectivity index (χ0) is 17.3. The van der Waals surface area contributed by atoms with Gasteiger partial charge in [0.1, 0.15) is 5.15 Å². The fourth-order valence-electron chi connectivity index (χ4n) is 2.87. The molecule has 126 valence electrons. The minimum absolute atomic E-state index is 0.0315. The maximum Gasteiger partial charge on any atom is 0.257 e. The van der Waals surface area contributed by atoms with Crippen LogP contribution in [0, 0.1) is 5.82 Å². The van der Waals surface area contributed by atoms with Crippen LogP contribution in [-0.2, 0) is 0 Å². The standard InChI is InChI=1S/C17H16Cl2FN3O/c1-22-7-8-23(14(10-22)11-5-3-2-4-6-11)17(24)12-9-13(20)16(19)21-15(12)18/h2-6,9,14H,7-8,10H2,1H3. The Kier molecular flexibility index (Phi) is 5.04. The molecule has 3 rings (SSSR count). The number of rotatable bonds is 2. The minimum Gasteiger partial charge on any atom is -0.329 e. The van der Waals surface area contributed by atoms with Crippen molar-refractivity contribution in [1.82, 2.24) is 14.8 Å². The monoisotopic (exact) mass is 367 g/mol. The molecule has 1 aromatic heterocycles. The van der Waals surface area contributed by atoms with Gasteiger partial charge < -0.3 is 9.80 Å². The largest absolute Gasteiger partial charge is 0.329 e. The molecule has 2 heterocycles. The third kappa shape index (κ3) is 3.38. The van der Waals surface area contributed by atoms with Crippen LogP contribution in [0.3, 0.4) is 0 Å². The van der Waals surface area contributed by atoms with Crippen LogP contribution in [0.4, 0.5) is 4.39 Å². The Morgan fingerprint density at radius 2 is 1.92 bits per heavy atom. The Bertz CT molecular complexity index is 757. The molecule has 0 aliphatic carbocycles. The summed E-state index contributed by atoms with van der Waals surface area (Å²) < 4.78 is 13.7. The lowest BCUT2D eigenvalue weighted by atomic mass is 10.0. The molecule has 0 spiro atoms. The molecule has 4 nitrogen and oxygen atoms in total. The van der Waals surface area contributed by atoms with Crippen LogP contribution in [-0.4, -0.2) is 47.4 Å². The van der Waals surface area contributed by atoms with E-state index in [1.54, 1.807) is 4.90 Å². The summed E-state index contributed by atoms with van der Waals surface area (Å²) >= 11 is 11.6. The van der Waals surface area contributed by atoms with Gasteiger partial charge in [-0.05, 0) is 18.7 Å². The van der Waals surface area contributed by atoms with Gasteiger partial charge in [0.05, 0.1) is 11.6 Å². The summed E-state index contributed by atoms with van der Waals surface area (Å²) in [4.78, 5) is 20.5. The Morgan fingerprint density at radius 1 is 1.21 bits per heavy atom. The number of carbonyl (C=O) groups is 1. The van der Waals surface area contributed by atoms with Crippen LogP contribution in [0.2, 0.25) is 10.3 Å². The van der Waals surface area contributed by atoms with Crippen LogP contribution < -0.4 is 0 Å². The van der Waals surface area contributed by atoms with Gasteiger partial charge in [0.2, 0.25) is 0 Å². The van der Waals surface area contributed by atoms with Gasteiger partial charge in [0.15, 0.2) is 11.0 Å². The van der Waals surface area contributed by atoms with Crippen molar-refractivity contribution in [2.45, 2.75) is 6.04 Å². The lowest BCUT2D eigenvalue weighted by Gasteiger charge is -2.40. The van der Waals surface area contributed by atoms with E-state index in [9.17, 15) is 9.18 Å². The van der Waals surface area contributed by atoms with Crippen LogP contribution in [0.25, 0.3) is 0 Å². The first-order chi connectivity index (χ1) is 11.5. The second-order valence-corrected chi connectivity index (χ2v) is 6.50. The lowest BCUT2D eigenvalue weighted by Crippen LogP contribution is -2.49. The number of benzene rings is 1. The minimum atomic E-state index is -0.755. The van der Waals surface area contributed by atoms with Crippen molar-refractivity contribution in [3.05, 3.63) is 63.6 Å². The predicted octanol–water partition coefficient (Wildman–Crippen LogP) is 3.66. The maximum atomic E-state index is 13.7. The first-order valence-electron chi connectivity index (χ1n) is 7.53. The van der Waals surface area contributed by atoms with Gasteiger partial charge in [-0.3, -0.25) is 4.79 Å². The number of pyridine rings is 1. The Labute approximate surface area is 149 Å². The molecule has 24 heavy (non-hydrogen) atoms. The summed E-state index contributed by atoms with van der Waals surface area (Å²) in [5, 5.41) is -0.424. The third-order valence-electron chi connectivity index (χ3n) is 4.15. The highest BCUT2D eigenvalue weighted by atomic mass is 35.5. The van der Waals surface area contributed by atoms with Gasteiger partial charge in [0, 0.05) is 19.6 Å². The molecular formula is C17H16Cl2FN3O. The molecule has 0 saturated carbocycles. The molecule has 1 aliphatic heterocycles. The van der Waals surface area contributed by atoms with Crippen molar-refractivity contribution in [1.29, 1.82) is 0 Å².